The van der Waals surface area contributed by atoms with E-state index in [1.807, 2.05) is 4.90 Å². The van der Waals surface area contributed by atoms with E-state index in [4.69, 9.17) is 5.11 Å². The molecular formula is C23H39N7O9. The average molecular weight is 558 g/mol. The molecule has 16 heteroatoms. The van der Waals surface area contributed by atoms with Gasteiger partial charge in [-0.05, 0) is 12.8 Å². The molecule has 0 saturated carbocycles. The van der Waals surface area contributed by atoms with E-state index in [9.17, 15) is 39.6 Å². The Morgan fingerprint density at radius 3 is 1.54 bits per heavy atom. The standard InChI is InChI=1S/C23H39N7O9/c31-19(14-30-12-18(24-25-30)2-1-3-20(32)33)13-26-4-6-27(15-21(34)35)8-10-29(17-23(38)39)11-9-28(7-5-26)16-22(36)37/h12,19,31H,1-11,13-17H2,(H,32,33)(H,34,35)(H,36,37)(H,38,39). The van der Waals surface area contributed by atoms with E-state index in [1.54, 1.807) is 20.9 Å². The molecule has 16 nitrogen and oxygen atoms in total. The second-order valence-electron chi connectivity index (χ2n) is 9.64. The van der Waals surface area contributed by atoms with Crippen molar-refractivity contribution in [2.75, 3.05) is 78.5 Å². The van der Waals surface area contributed by atoms with Crippen LogP contribution in [0.4, 0.5) is 0 Å². The lowest BCUT2D eigenvalue weighted by atomic mass is 10.2. The Bertz CT molecular complexity index is 913. The van der Waals surface area contributed by atoms with Gasteiger partial charge < -0.3 is 25.5 Å². The maximum Gasteiger partial charge on any atom is 0.317 e. The van der Waals surface area contributed by atoms with E-state index < -0.39 is 30.0 Å². The van der Waals surface area contributed by atoms with Crippen LogP contribution in [-0.4, -0.2) is 169 Å². The van der Waals surface area contributed by atoms with Gasteiger partial charge in [-0.15, -0.1) is 5.10 Å². The molecule has 0 bridgehead atoms. The number of aryl methyl sites for hydroxylation is 1. The van der Waals surface area contributed by atoms with Gasteiger partial charge in [0.1, 0.15) is 0 Å². The number of carbonyl (C=O) groups is 4. The minimum atomic E-state index is -1.02. The molecule has 0 radical (unpaired) electrons. The van der Waals surface area contributed by atoms with Gasteiger partial charge in [0, 0.05) is 71.5 Å². The van der Waals surface area contributed by atoms with Crippen molar-refractivity contribution >= 4 is 23.9 Å². The Hall–Kier alpha value is -3.18. The Morgan fingerprint density at radius 2 is 1.13 bits per heavy atom. The van der Waals surface area contributed by atoms with Gasteiger partial charge in [-0.3, -0.25) is 38.8 Å². The van der Waals surface area contributed by atoms with E-state index in [-0.39, 0.29) is 39.1 Å². The maximum atomic E-state index is 11.4. The summed E-state index contributed by atoms with van der Waals surface area (Å²) in [4.78, 5) is 51.8. The molecule has 220 valence electrons. The van der Waals surface area contributed by atoms with Crippen molar-refractivity contribution in [3.05, 3.63) is 11.9 Å². The third kappa shape index (κ3) is 14.0. The zero-order valence-electron chi connectivity index (χ0n) is 22.0. The van der Waals surface area contributed by atoms with Gasteiger partial charge in [0.05, 0.1) is 38.0 Å². The predicted octanol–water partition coefficient (Wildman–Crippen LogP) is -2.48. The number of hydrogen-bond acceptors (Lipinski definition) is 11. The molecule has 0 aromatic carbocycles. The number of carboxylic acid groups (broad SMARTS) is 4. The Kier molecular flexibility index (Phi) is 13.7. The summed E-state index contributed by atoms with van der Waals surface area (Å²) < 4.78 is 1.49. The second kappa shape index (κ2) is 16.7. The first kappa shape index (κ1) is 32.0. The lowest BCUT2D eigenvalue weighted by Crippen LogP contribution is -2.49. The molecule has 5 N–H and O–H groups in total. The van der Waals surface area contributed by atoms with Crippen molar-refractivity contribution in [2.24, 2.45) is 0 Å². The Labute approximate surface area is 226 Å². The summed E-state index contributed by atoms with van der Waals surface area (Å²) in [6.07, 6.45) is 1.72. The third-order valence-corrected chi connectivity index (χ3v) is 6.28. The number of rotatable bonds is 14. The van der Waals surface area contributed by atoms with Crippen molar-refractivity contribution in [2.45, 2.75) is 31.9 Å². The maximum absolute atomic E-state index is 11.4. The van der Waals surface area contributed by atoms with Gasteiger partial charge in [0.25, 0.3) is 0 Å². The van der Waals surface area contributed by atoms with Crippen LogP contribution in [0.3, 0.4) is 0 Å². The summed E-state index contributed by atoms with van der Waals surface area (Å²) >= 11 is 0. The number of aliphatic hydroxyl groups excluding tert-OH is 1. The number of aliphatic hydroxyl groups is 1. The van der Waals surface area contributed by atoms with Gasteiger partial charge in [0.15, 0.2) is 0 Å². The summed E-state index contributed by atoms with van der Waals surface area (Å²) in [6.45, 7) is 2.48. The smallest absolute Gasteiger partial charge is 0.317 e. The van der Waals surface area contributed by atoms with E-state index in [1.165, 1.54) is 4.68 Å². The fraction of sp³-hybridized carbons (Fsp3) is 0.739. The molecule has 2 heterocycles. The predicted molar refractivity (Wildman–Crippen MR) is 135 cm³/mol. The van der Waals surface area contributed by atoms with Gasteiger partial charge in [-0.2, -0.15) is 0 Å². The van der Waals surface area contributed by atoms with Crippen molar-refractivity contribution in [3.8, 4) is 0 Å². The molecule has 1 aromatic heterocycles. The summed E-state index contributed by atoms with van der Waals surface area (Å²) in [7, 11) is 0. The topological polar surface area (TPSA) is 213 Å². The highest BCUT2D eigenvalue weighted by Crippen LogP contribution is 2.05. The zero-order valence-corrected chi connectivity index (χ0v) is 22.0. The Balaban J connectivity index is 2.05. The molecule has 1 aliphatic heterocycles. The third-order valence-electron chi connectivity index (χ3n) is 6.28. The largest absolute Gasteiger partial charge is 0.481 e. The lowest BCUT2D eigenvalue weighted by Gasteiger charge is -2.33. The molecular weight excluding hydrogens is 518 g/mol. The molecule has 1 aliphatic rings. The van der Waals surface area contributed by atoms with Gasteiger partial charge >= 0.3 is 23.9 Å². The van der Waals surface area contributed by atoms with Crippen LogP contribution < -0.4 is 0 Å². The van der Waals surface area contributed by atoms with Crippen LogP contribution in [-0.2, 0) is 32.1 Å². The van der Waals surface area contributed by atoms with Crippen LogP contribution in [0.5, 0.6) is 0 Å². The van der Waals surface area contributed by atoms with Crippen molar-refractivity contribution in [1.29, 1.82) is 0 Å². The molecule has 2 rings (SSSR count). The highest BCUT2D eigenvalue weighted by Gasteiger charge is 2.21. The second-order valence-corrected chi connectivity index (χ2v) is 9.64. The molecule has 1 unspecified atom stereocenters. The number of nitrogens with zero attached hydrogens (tertiary/aromatic N) is 7. The average Bonchev–Trinajstić information content (AvgIpc) is 3.26. The minimum Gasteiger partial charge on any atom is -0.481 e. The van der Waals surface area contributed by atoms with Crippen molar-refractivity contribution in [3.63, 3.8) is 0 Å². The summed E-state index contributed by atoms with van der Waals surface area (Å²) in [6, 6.07) is 0. The minimum absolute atomic E-state index is 0.0276. The number of aliphatic carboxylic acids is 4. The number of aromatic nitrogens is 3. The highest BCUT2D eigenvalue weighted by atomic mass is 16.4. The fourth-order valence-electron chi connectivity index (χ4n) is 4.34. The SMILES string of the molecule is O=C(O)CCCc1cn(CC(O)CN2CCN(CC(=O)O)CCN(CC(=O)O)CCN(CC(=O)O)CC2)nn1. The fourth-order valence-corrected chi connectivity index (χ4v) is 4.34. The van der Waals surface area contributed by atoms with Crippen LogP contribution >= 0.6 is 0 Å². The first-order chi connectivity index (χ1) is 18.5. The molecule has 39 heavy (non-hydrogen) atoms. The van der Waals surface area contributed by atoms with Crippen LogP contribution in [0.15, 0.2) is 6.20 Å². The summed E-state index contributed by atoms with van der Waals surface area (Å²) in [5.41, 5.74) is 0.625. The number of hydrogen-bond donors (Lipinski definition) is 5. The molecule has 0 spiro atoms. The van der Waals surface area contributed by atoms with Crippen LogP contribution in [0.1, 0.15) is 18.5 Å². The molecule has 0 amide bonds. The number of β-amino-alcohol motifs (C(OH)–C–C–N with tert-alkyl or cyclic N) is 1. The normalized spacial score (nSPS) is 18.2. The lowest BCUT2D eigenvalue weighted by molar-refractivity contribution is -0.140. The van der Waals surface area contributed by atoms with E-state index in [0.717, 1.165) is 0 Å². The highest BCUT2D eigenvalue weighted by molar-refractivity contribution is 5.70. The molecule has 1 saturated heterocycles. The van der Waals surface area contributed by atoms with Gasteiger partial charge in [-0.25, -0.2) is 4.68 Å². The molecule has 1 aromatic rings. The van der Waals surface area contributed by atoms with E-state index in [0.29, 0.717) is 70.9 Å². The molecule has 1 atom stereocenters. The molecule has 1 fully saturated rings. The van der Waals surface area contributed by atoms with Crippen molar-refractivity contribution < 1.29 is 44.7 Å². The first-order valence-electron chi connectivity index (χ1n) is 12.8. The summed E-state index contributed by atoms with van der Waals surface area (Å²) in [5.74, 6) is -3.91. The zero-order chi connectivity index (χ0) is 28.8. The van der Waals surface area contributed by atoms with Gasteiger partial charge in [-0.1, -0.05) is 5.21 Å². The van der Waals surface area contributed by atoms with Crippen LogP contribution in [0.2, 0.25) is 0 Å². The monoisotopic (exact) mass is 557 g/mol. The van der Waals surface area contributed by atoms with Crippen molar-refractivity contribution in [1.82, 2.24) is 34.6 Å². The quantitative estimate of drug-likeness (QED) is 0.160. The van der Waals surface area contributed by atoms with Gasteiger partial charge in [0.2, 0.25) is 0 Å². The summed E-state index contributed by atoms with van der Waals surface area (Å²) in [5, 5.41) is 55.4. The molecule has 0 aliphatic carbocycles. The Morgan fingerprint density at radius 1 is 0.692 bits per heavy atom. The van der Waals surface area contributed by atoms with Crippen LogP contribution in [0, 0.1) is 0 Å². The first-order valence-corrected chi connectivity index (χ1v) is 12.8. The van der Waals surface area contributed by atoms with Crippen LogP contribution in [0.25, 0.3) is 0 Å². The number of carboxylic acids is 4. The van der Waals surface area contributed by atoms with E-state index in [2.05, 4.69) is 10.3 Å². The van der Waals surface area contributed by atoms with E-state index >= 15 is 0 Å².